The molecule has 0 spiro atoms. The molecule has 1 aliphatic rings. The van der Waals surface area contributed by atoms with Gasteiger partial charge in [0.2, 0.25) is 5.91 Å². The van der Waals surface area contributed by atoms with E-state index >= 15 is 0 Å². The lowest BCUT2D eigenvalue weighted by molar-refractivity contribution is -0.130. The highest BCUT2D eigenvalue weighted by atomic mass is 79.9. The standard InChI is InChI=1S/C13H16BrClN2O/c1-7(2)17-12(18)6-11(16)13(17)9-4-3-8(15)5-10(9)14/h3-5,7,11,13H,6,16H2,1-2H3. The molecule has 1 saturated heterocycles. The fourth-order valence-corrected chi connectivity index (χ4v) is 3.43. The Kier molecular flexibility index (Phi) is 3.99. The van der Waals surface area contributed by atoms with Gasteiger partial charge in [-0.2, -0.15) is 0 Å². The minimum Gasteiger partial charge on any atom is -0.332 e. The van der Waals surface area contributed by atoms with Gasteiger partial charge in [0.25, 0.3) is 0 Å². The van der Waals surface area contributed by atoms with Gasteiger partial charge in [-0.3, -0.25) is 4.79 Å². The molecule has 2 rings (SSSR count). The molecule has 1 heterocycles. The number of carbonyl (C=O) groups excluding carboxylic acids is 1. The molecule has 1 fully saturated rings. The molecular formula is C13H16BrClN2O. The summed E-state index contributed by atoms with van der Waals surface area (Å²) in [4.78, 5) is 13.9. The van der Waals surface area contributed by atoms with E-state index in [2.05, 4.69) is 15.9 Å². The summed E-state index contributed by atoms with van der Waals surface area (Å²) in [5, 5.41) is 0.666. The van der Waals surface area contributed by atoms with Crippen molar-refractivity contribution in [3.8, 4) is 0 Å². The summed E-state index contributed by atoms with van der Waals surface area (Å²) in [5.74, 6) is 0.115. The van der Waals surface area contributed by atoms with Gasteiger partial charge in [-0.25, -0.2) is 0 Å². The maximum absolute atomic E-state index is 12.0. The maximum Gasteiger partial charge on any atom is 0.225 e. The molecule has 1 aromatic carbocycles. The smallest absolute Gasteiger partial charge is 0.225 e. The molecule has 2 atom stereocenters. The second-order valence-corrected chi connectivity index (χ2v) is 6.16. The molecular weight excluding hydrogens is 316 g/mol. The number of hydrogen-bond donors (Lipinski definition) is 1. The number of likely N-dealkylation sites (tertiary alicyclic amines) is 1. The monoisotopic (exact) mass is 330 g/mol. The SMILES string of the molecule is CC(C)N1C(=O)CC(N)C1c1ccc(Cl)cc1Br. The molecule has 98 valence electrons. The number of amides is 1. The normalized spacial score (nSPS) is 24.1. The summed E-state index contributed by atoms with van der Waals surface area (Å²) >= 11 is 9.45. The minimum atomic E-state index is -0.169. The Morgan fingerprint density at radius 1 is 1.50 bits per heavy atom. The van der Waals surface area contributed by atoms with Gasteiger partial charge in [0.05, 0.1) is 6.04 Å². The average Bonchev–Trinajstić information content (AvgIpc) is 2.53. The van der Waals surface area contributed by atoms with E-state index in [0.29, 0.717) is 11.4 Å². The third kappa shape index (κ3) is 2.42. The van der Waals surface area contributed by atoms with Crippen LogP contribution in [0.4, 0.5) is 0 Å². The Labute approximate surface area is 120 Å². The summed E-state index contributed by atoms with van der Waals surface area (Å²) < 4.78 is 0.899. The second-order valence-electron chi connectivity index (χ2n) is 4.87. The average molecular weight is 332 g/mol. The van der Waals surface area contributed by atoms with Crippen LogP contribution in [0.25, 0.3) is 0 Å². The highest BCUT2D eigenvalue weighted by Crippen LogP contribution is 2.38. The lowest BCUT2D eigenvalue weighted by atomic mass is 10.0. The minimum absolute atomic E-state index is 0.0795. The van der Waals surface area contributed by atoms with Gasteiger partial charge in [-0.1, -0.05) is 33.6 Å². The first-order valence-corrected chi connectivity index (χ1v) is 7.10. The van der Waals surface area contributed by atoms with Crippen molar-refractivity contribution < 1.29 is 4.79 Å². The zero-order chi connectivity index (χ0) is 13.4. The van der Waals surface area contributed by atoms with E-state index in [1.807, 2.05) is 36.9 Å². The number of benzene rings is 1. The van der Waals surface area contributed by atoms with Crippen LogP contribution in [0.15, 0.2) is 22.7 Å². The Morgan fingerprint density at radius 2 is 2.17 bits per heavy atom. The second kappa shape index (κ2) is 5.19. The summed E-state index contributed by atoms with van der Waals surface area (Å²) in [5.41, 5.74) is 7.14. The van der Waals surface area contributed by atoms with E-state index in [9.17, 15) is 4.79 Å². The first-order valence-electron chi connectivity index (χ1n) is 5.93. The van der Waals surface area contributed by atoms with Crippen LogP contribution >= 0.6 is 27.5 Å². The van der Waals surface area contributed by atoms with Crippen molar-refractivity contribution in [2.75, 3.05) is 0 Å². The molecule has 0 saturated carbocycles. The third-order valence-electron chi connectivity index (χ3n) is 3.24. The van der Waals surface area contributed by atoms with Gasteiger partial charge < -0.3 is 10.6 Å². The van der Waals surface area contributed by atoms with Crippen molar-refractivity contribution in [3.63, 3.8) is 0 Å². The Bertz CT molecular complexity index is 478. The number of carbonyl (C=O) groups is 1. The largest absolute Gasteiger partial charge is 0.332 e. The molecule has 18 heavy (non-hydrogen) atoms. The maximum atomic E-state index is 12.0. The predicted octanol–water partition coefficient (Wildman–Crippen LogP) is 3.11. The molecule has 2 unspecified atom stereocenters. The summed E-state index contributed by atoms with van der Waals surface area (Å²) in [6.45, 7) is 4.01. The lowest BCUT2D eigenvalue weighted by Gasteiger charge is -2.31. The molecule has 1 aromatic rings. The third-order valence-corrected chi connectivity index (χ3v) is 4.16. The van der Waals surface area contributed by atoms with E-state index in [1.165, 1.54) is 0 Å². The highest BCUT2D eigenvalue weighted by Gasteiger charge is 2.40. The van der Waals surface area contributed by atoms with Crippen molar-refractivity contribution >= 4 is 33.4 Å². The van der Waals surface area contributed by atoms with Crippen LogP contribution in [0, 0.1) is 0 Å². The first-order chi connectivity index (χ1) is 8.41. The molecule has 1 amide bonds. The van der Waals surface area contributed by atoms with Crippen molar-refractivity contribution in [3.05, 3.63) is 33.3 Å². The highest BCUT2D eigenvalue weighted by molar-refractivity contribution is 9.10. The number of rotatable bonds is 2. The van der Waals surface area contributed by atoms with Gasteiger partial charge in [0.15, 0.2) is 0 Å². The fraction of sp³-hybridized carbons (Fsp3) is 0.462. The van der Waals surface area contributed by atoms with Crippen LogP contribution in [-0.4, -0.2) is 22.9 Å². The van der Waals surface area contributed by atoms with Gasteiger partial charge in [0.1, 0.15) is 0 Å². The van der Waals surface area contributed by atoms with Gasteiger partial charge in [-0.05, 0) is 31.5 Å². The van der Waals surface area contributed by atoms with E-state index < -0.39 is 0 Å². The van der Waals surface area contributed by atoms with Gasteiger partial charge in [-0.15, -0.1) is 0 Å². The summed E-state index contributed by atoms with van der Waals surface area (Å²) in [6, 6.07) is 5.49. The van der Waals surface area contributed by atoms with Crippen LogP contribution in [-0.2, 0) is 4.79 Å². The quantitative estimate of drug-likeness (QED) is 0.905. The van der Waals surface area contributed by atoms with E-state index in [-0.39, 0.29) is 24.0 Å². The Balaban J connectivity index is 2.43. The van der Waals surface area contributed by atoms with Crippen molar-refractivity contribution in [1.29, 1.82) is 0 Å². The van der Waals surface area contributed by atoms with Crippen molar-refractivity contribution in [2.24, 2.45) is 5.73 Å². The molecule has 0 aromatic heterocycles. The summed E-state index contributed by atoms with van der Waals surface area (Å²) in [7, 11) is 0. The Hall–Kier alpha value is -0.580. The molecule has 1 aliphatic heterocycles. The number of nitrogens with two attached hydrogens (primary N) is 1. The fourth-order valence-electron chi connectivity index (χ4n) is 2.51. The number of hydrogen-bond acceptors (Lipinski definition) is 2. The molecule has 5 heteroatoms. The molecule has 0 bridgehead atoms. The van der Waals surface area contributed by atoms with E-state index in [4.69, 9.17) is 17.3 Å². The van der Waals surface area contributed by atoms with Crippen LogP contribution in [0.2, 0.25) is 5.02 Å². The lowest BCUT2D eigenvalue weighted by Crippen LogP contribution is -2.37. The molecule has 2 N–H and O–H groups in total. The zero-order valence-corrected chi connectivity index (χ0v) is 12.7. The van der Waals surface area contributed by atoms with E-state index in [0.717, 1.165) is 10.0 Å². The zero-order valence-electron chi connectivity index (χ0n) is 10.4. The van der Waals surface area contributed by atoms with Crippen LogP contribution in [0.3, 0.4) is 0 Å². The molecule has 0 aliphatic carbocycles. The molecule has 3 nitrogen and oxygen atoms in total. The van der Waals surface area contributed by atoms with Crippen molar-refractivity contribution in [2.45, 2.75) is 38.4 Å². The number of nitrogens with zero attached hydrogens (tertiary/aromatic N) is 1. The van der Waals surface area contributed by atoms with Gasteiger partial charge in [0, 0.05) is 28.0 Å². The topological polar surface area (TPSA) is 46.3 Å². The van der Waals surface area contributed by atoms with Gasteiger partial charge >= 0.3 is 0 Å². The molecule has 0 radical (unpaired) electrons. The van der Waals surface area contributed by atoms with E-state index in [1.54, 1.807) is 0 Å². The first kappa shape index (κ1) is 13.8. The summed E-state index contributed by atoms with van der Waals surface area (Å²) in [6.07, 6.45) is 0.401. The Morgan fingerprint density at radius 3 is 2.72 bits per heavy atom. The predicted molar refractivity (Wildman–Crippen MR) is 76.5 cm³/mol. The van der Waals surface area contributed by atoms with Crippen LogP contribution in [0.5, 0.6) is 0 Å². The van der Waals surface area contributed by atoms with Crippen LogP contribution in [0.1, 0.15) is 31.9 Å². The van der Waals surface area contributed by atoms with Crippen molar-refractivity contribution in [1.82, 2.24) is 4.90 Å². The van der Waals surface area contributed by atoms with Crippen LogP contribution < -0.4 is 5.73 Å². The number of halogens is 2.